The van der Waals surface area contributed by atoms with Crippen LogP contribution >= 0.6 is 0 Å². The maximum atomic E-state index is 9.54. The second kappa shape index (κ2) is 5.67. The summed E-state index contributed by atoms with van der Waals surface area (Å²) in [5.74, 6) is 0.753. The fourth-order valence-corrected chi connectivity index (χ4v) is 2.37. The van der Waals surface area contributed by atoms with Crippen molar-refractivity contribution in [1.82, 2.24) is 0 Å². The first kappa shape index (κ1) is 16.4. The molecule has 6 heteroatoms. The minimum atomic E-state index is -0.401. The molecule has 1 saturated heterocycles. The molecule has 0 saturated carbocycles. The molecular weight excluding hydrogens is 266 g/mol. The standard InChI is InChI=1S/C15H24B2O4/c1-14(2)15(3,4)21-17(20-14)12-8-7-11(10-16(5)18)13(9-12)19-6/h7-9,18H,10H2,1-6H3. The highest BCUT2D eigenvalue weighted by atomic mass is 16.7. The number of rotatable bonds is 4. The minimum Gasteiger partial charge on any atom is -0.497 e. The zero-order chi connectivity index (χ0) is 15.8. The van der Waals surface area contributed by atoms with E-state index in [9.17, 15) is 5.02 Å². The third kappa shape index (κ3) is 3.28. The van der Waals surface area contributed by atoms with E-state index in [-0.39, 0.29) is 11.2 Å². The van der Waals surface area contributed by atoms with Crippen LogP contribution in [0.5, 0.6) is 5.75 Å². The highest BCUT2D eigenvalue weighted by Gasteiger charge is 2.51. The molecule has 4 nitrogen and oxygen atoms in total. The molecule has 1 aliphatic heterocycles. The smallest absolute Gasteiger partial charge is 0.494 e. The average molecular weight is 290 g/mol. The summed E-state index contributed by atoms with van der Waals surface area (Å²) in [6, 6.07) is 5.87. The van der Waals surface area contributed by atoms with Crippen molar-refractivity contribution in [3.63, 3.8) is 0 Å². The van der Waals surface area contributed by atoms with Crippen molar-refractivity contribution >= 4 is 19.5 Å². The van der Waals surface area contributed by atoms with Crippen LogP contribution in [0.1, 0.15) is 33.3 Å². The van der Waals surface area contributed by atoms with Gasteiger partial charge in [0.15, 0.2) is 0 Å². The first-order valence-corrected chi connectivity index (χ1v) is 7.37. The van der Waals surface area contributed by atoms with E-state index in [0.29, 0.717) is 6.32 Å². The molecule has 1 aromatic rings. The van der Waals surface area contributed by atoms with E-state index in [1.807, 2.05) is 45.9 Å². The van der Waals surface area contributed by atoms with Crippen molar-refractivity contribution in [2.45, 2.75) is 52.0 Å². The predicted molar refractivity (Wildman–Crippen MR) is 86.3 cm³/mol. The van der Waals surface area contributed by atoms with Gasteiger partial charge in [-0.15, -0.1) is 0 Å². The molecule has 0 unspecified atom stereocenters. The monoisotopic (exact) mass is 290 g/mol. The molecule has 0 bridgehead atoms. The van der Waals surface area contributed by atoms with Crippen LogP contribution in [0, 0.1) is 0 Å². The highest BCUT2D eigenvalue weighted by Crippen LogP contribution is 2.36. The van der Waals surface area contributed by atoms with Gasteiger partial charge in [0.2, 0.25) is 0 Å². The maximum Gasteiger partial charge on any atom is 0.494 e. The number of hydrogen-bond donors (Lipinski definition) is 1. The van der Waals surface area contributed by atoms with E-state index < -0.39 is 14.0 Å². The van der Waals surface area contributed by atoms with Crippen LogP contribution in [0.2, 0.25) is 6.82 Å². The van der Waals surface area contributed by atoms with Crippen LogP contribution in [-0.4, -0.2) is 37.4 Å². The molecule has 1 N–H and O–H groups in total. The topological polar surface area (TPSA) is 47.9 Å². The molecule has 2 rings (SSSR count). The van der Waals surface area contributed by atoms with Crippen LogP contribution in [0.3, 0.4) is 0 Å². The lowest BCUT2D eigenvalue weighted by Crippen LogP contribution is -2.41. The van der Waals surface area contributed by atoms with Gasteiger partial charge in [0.05, 0.1) is 18.3 Å². The van der Waals surface area contributed by atoms with Gasteiger partial charge >= 0.3 is 7.12 Å². The zero-order valence-corrected chi connectivity index (χ0v) is 13.8. The third-order valence-electron chi connectivity index (χ3n) is 4.35. The van der Waals surface area contributed by atoms with Gasteiger partial charge in [-0.3, -0.25) is 0 Å². The van der Waals surface area contributed by atoms with Gasteiger partial charge in [0.25, 0.3) is 6.92 Å². The van der Waals surface area contributed by atoms with Crippen molar-refractivity contribution in [3.05, 3.63) is 23.8 Å². The van der Waals surface area contributed by atoms with E-state index in [4.69, 9.17) is 14.0 Å². The Labute approximate surface area is 128 Å². The Morgan fingerprint density at radius 1 is 1.19 bits per heavy atom. The summed E-state index contributed by atoms with van der Waals surface area (Å²) >= 11 is 0. The van der Waals surface area contributed by atoms with Gasteiger partial charge in [0, 0.05) is 0 Å². The quantitative estimate of drug-likeness (QED) is 0.857. The summed E-state index contributed by atoms with van der Waals surface area (Å²) in [6.45, 7) is 9.50. The molecule has 1 aliphatic rings. The lowest BCUT2D eigenvalue weighted by atomic mass is 9.65. The molecule has 0 atom stereocenters. The van der Waals surface area contributed by atoms with Crippen molar-refractivity contribution in [2.24, 2.45) is 0 Å². The lowest BCUT2D eigenvalue weighted by molar-refractivity contribution is 0.00578. The Balaban J connectivity index is 2.26. The second-order valence-electron chi connectivity index (χ2n) is 6.71. The molecular formula is C15H24B2O4. The van der Waals surface area contributed by atoms with Crippen LogP contribution in [0.25, 0.3) is 0 Å². The summed E-state index contributed by atoms with van der Waals surface area (Å²) in [4.78, 5) is 0. The van der Waals surface area contributed by atoms with E-state index in [1.165, 1.54) is 0 Å². The molecule has 1 heterocycles. The van der Waals surface area contributed by atoms with Crippen LogP contribution in [0.4, 0.5) is 0 Å². The first-order valence-electron chi connectivity index (χ1n) is 7.37. The zero-order valence-electron chi connectivity index (χ0n) is 13.8. The van der Waals surface area contributed by atoms with E-state index in [0.717, 1.165) is 16.8 Å². The van der Waals surface area contributed by atoms with Gasteiger partial charge in [-0.05, 0) is 51.1 Å². The molecule has 0 spiro atoms. The van der Waals surface area contributed by atoms with Gasteiger partial charge in [0.1, 0.15) is 5.75 Å². The number of benzene rings is 1. The van der Waals surface area contributed by atoms with E-state index in [1.54, 1.807) is 13.9 Å². The molecule has 0 aromatic heterocycles. The second-order valence-corrected chi connectivity index (χ2v) is 6.71. The van der Waals surface area contributed by atoms with E-state index >= 15 is 0 Å². The summed E-state index contributed by atoms with van der Waals surface area (Å²) in [6.07, 6.45) is 0.562. The van der Waals surface area contributed by atoms with E-state index in [2.05, 4.69) is 0 Å². The molecule has 21 heavy (non-hydrogen) atoms. The van der Waals surface area contributed by atoms with Gasteiger partial charge < -0.3 is 19.1 Å². The summed E-state index contributed by atoms with van der Waals surface area (Å²) in [7, 11) is 1.24. The molecule has 1 fully saturated rings. The Hall–Kier alpha value is -0.970. The number of hydrogen-bond acceptors (Lipinski definition) is 4. The van der Waals surface area contributed by atoms with Gasteiger partial charge in [-0.1, -0.05) is 19.0 Å². The number of ether oxygens (including phenoxy) is 1. The molecule has 0 radical (unpaired) electrons. The SMILES string of the molecule is COc1cc(B2OC(C)(C)C(C)(C)O2)ccc1CB(C)O. The van der Waals surface area contributed by atoms with Gasteiger partial charge in [-0.2, -0.15) is 0 Å². The fourth-order valence-electron chi connectivity index (χ4n) is 2.37. The van der Waals surface area contributed by atoms with Crippen molar-refractivity contribution < 1.29 is 19.1 Å². The Morgan fingerprint density at radius 2 is 1.76 bits per heavy atom. The Bertz CT molecular complexity index is 498. The average Bonchev–Trinajstić information content (AvgIpc) is 2.58. The van der Waals surface area contributed by atoms with Crippen molar-refractivity contribution in [1.29, 1.82) is 0 Å². The molecule has 1 aromatic carbocycles. The van der Waals surface area contributed by atoms with Crippen LogP contribution in [0.15, 0.2) is 18.2 Å². The Kier molecular flexibility index (Phi) is 4.43. The van der Waals surface area contributed by atoms with Crippen molar-refractivity contribution in [3.8, 4) is 5.75 Å². The van der Waals surface area contributed by atoms with Crippen LogP contribution in [-0.2, 0) is 15.6 Å². The van der Waals surface area contributed by atoms with Crippen LogP contribution < -0.4 is 10.2 Å². The number of methoxy groups -OCH3 is 1. The maximum absolute atomic E-state index is 9.54. The predicted octanol–water partition coefficient (Wildman–Crippen LogP) is 1.69. The first-order chi connectivity index (χ1) is 9.66. The summed E-state index contributed by atoms with van der Waals surface area (Å²) in [5.41, 5.74) is 1.19. The van der Waals surface area contributed by atoms with Crippen molar-refractivity contribution in [2.75, 3.05) is 7.11 Å². The highest BCUT2D eigenvalue weighted by molar-refractivity contribution is 6.62. The summed E-state index contributed by atoms with van der Waals surface area (Å²) in [5, 5.41) is 9.54. The normalized spacial score (nSPS) is 19.7. The summed E-state index contributed by atoms with van der Waals surface area (Å²) < 4.78 is 17.5. The fraction of sp³-hybridized carbons (Fsp3) is 0.600. The molecule has 0 amide bonds. The van der Waals surface area contributed by atoms with Gasteiger partial charge in [-0.25, -0.2) is 0 Å². The molecule has 0 aliphatic carbocycles. The Morgan fingerprint density at radius 3 is 2.24 bits per heavy atom. The molecule has 114 valence electrons. The lowest BCUT2D eigenvalue weighted by Gasteiger charge is -2.32. The minimum absolute atomic E-state index is 0.358. The third-order valence-corrected chi connectivity index (χ3v) is 4.35. The largest absolute Gasteiger partial charge is 0.497 e.